The van der Waals surface area contributed by atoms with Gasteiger partial charge in [-0.2, -0.15) is 0 Å². The van der Waals surface area contributed by atoms with E-state index in [0.29, 0.717) is 0 Å². The number of nitrogens with zero attached hydrogens (tertiary/aromatic N) is 1. The minimum Gasteiger partial charge on any atom is -0.354 e. The molecule has 0 aliphatic carbocycles. The lowest BCUT2D eigenvalue weighted by atomic mass is 9.98. The van der Waals surface area contributed by atoms with Gasteiger partial charge in [0, 0.05) is 38.9 Å². The normalized spacial score (nSPS) is 12.2. The van der Waals surface area contributed by atoms with E-state index in [1.165, 1.54) is 0 Å². The van der Waals surface area contributed by atoms with E-state index in [-0.39, 0.29) is 12.6 Å². The second-order valence-corrected chi connectivity index (χ2v) is 13.0. The Balaban J connectivity index is 1.71. The molecule has 0 fully saturated rings. The van der Waals surface area contributed by atoms with E-state index in [1.54, 1.807) is 0 Å². The molecule has 0 atom stereocenters. The van der Waals surface area contributed by atoms with Gasteiger partial charge in [0.2, 0.25) is 17.5 Å². The molecule has 0 saturated carbocycles. The van der Waals surface area contributed by atoms with Gasteiger partial charge < -0.3 is 15.0 Å². The average molecular weight is 855 g/mol. The molecule has 0 radical (unpaired) electrons. The van der Waals surface area contributed by atoms with Crippen LogP contribution in [0.2, 0.25) is 0 Å². The highest BCUT2D eigenvalue weighted by molar-refractivity contribution is 6.06. The summed E-state index contributed by atoms with van der Waals surface area (Å²) < 4.78 is 226. The first kappa shape index (κ1) is 39.8. The van der Waals surface area contributed by atoms with E-state index in [1.807, 2.05) is 0 Å². The number of H-pyrrole nitrogens is 3. The van der Waals surface area contributed by atoms with E-state index < -0.39 is 189 Å². The lowest BCUT2D eigenvalue weighted by molar-refractivity contribution is 0.111. The van der Waals surface area contributed by atoms with Gasteiger partial charge >= 0.3 is 0 Å². The van der Waals surface area contributed by atoms with Crippen LogP contribution in [0.4, 0.5) is 65.9 Å². The van der Waals surface area contributed by atoms with Gasteiger partial charge in [0.1, 0.15) is 0 Å². The first-order chi connectivity index (χ1) is 28.4. The molecule has 0 spiro atoms. The van der Waals surface area contributed by atoms with E-state index in [9.17, 15) is 49.1 Å². The van der Waals surface area contributed by atoms with Crippen molar-refractivity contribution >= 4 is 45.7 Å². The maximum absolute atomic E-state index is 15.7. The molecule has 0 unspecified atom stereocenters. The standard InChI is InChI=1S/C39H13F15N4O2/c40-23-20(24(41)30(47)35(52)29(23)46)17-11-1-3-13(55-11)18(21-25(42)31(48)36(53)32(49)26(21)43)38-9(7-59)5-15(57-38)16-6-10(8-60)39(58-16)19(14-4-2-12(17)56-14)22-27(44)33(50)37(54)34(51)28(22)45/h1,3,5-8,55,57-58H,2,4H2. The third-order valence-electron chi connectivity index (χ3n) is 9.79. The van der Waals surface area contributed by atoms with Crippen molar-refractivity contribution < 1.29 is 75.4 Å². The van der Waals surface area contributed by atoms with E-state index in [0.717, 1.165) is 24.3 Å². The predicted molar refractivity (Wildman–Crippen MR) is 180 cm³/mol. The minimum atomic E-state index is -2.64. The SMILES string of the molecule is O=Cc1cc2[nH]c1c(-c1c(F)c(F)c(F)c(F)c1F)c1nc(c(-c3c(F)c(F)c(F)c(F)c3F)c3ccc([nH]3)c(-c3c(F)c(F)c(F)c(F)c3F)c3[nH]c2cc3C=O)CC1. The molecule has 1 aliphatic heterocycles. The molecule has 3 aromatic carbocycles. The summed E-state index contributed by atoms with van der Waals surface area (Å²) in [6.45, 7) is 0. The summed E-state index contributed by atoms with van der Waals surface area (Å²) in [4.78, 5) is 36.4. The van der Waals surface area contributed by atoms with Gasteiger partial charge in [-0.15, -0.1) is 0 Å². The Kier molecular flexibility index (Phi) is 9.31. The molecule has 5 heterocycles. The maximum Gasteiger partial charge on any atom is 0.200 e. The number of carbonyl (C=O) groups excluding carboxylic acids is 2. The highest BCUT2D eigenvalue weighted by atomic mass is 19.2. The largest absolute Gasteiger partial charge is 0.354 e. The molecule has 306 valence electrons. The molecule has 0 amide bonds. The van der Waals surface area contributed by atoms with Crippen molar-refractivity contribution in [3.05, 3.63) is 134 Å². The monoisotopic (exact) mass is 854 g/mol. The van der Waals surface area contributed by atoms with Gasteiger partial charge in [-0.1, -0.05) is 0 Å². The van der Waals surface area contributed by atoms with Gasteiger partial charge in [0.15, 0.2) is 82.4 Å². The Labute approximate surface area is 321 Å². The number of nitrogens with one attached hydrogen (secondary N) is 3. The average Bonchev–Trinajstić information content (AvgIpc) is 4.07. The summed E-state index contributed by atoms with van der Waals surface area (Å²) in [7, 11) is 0. The fraction of sp³-hybridized carbons (Fsp3) is 0.0513. The zero-order chi connectivity index (χ0) is 43.4. The molecule has 21 heteroatoms. The number of benzene rings is 3. The molecule has 3 N–H and O–H groups in total. The van der Waals surface area contributed by atoms with Crippen LogP contribution in [0.5, 0.6) is 0 Å². The van der Waals surface area contributed by atoms with Crippen molar-refractivity contribution in [3.8, 4) is 33.4 Å². The molecule has 6 nitrogen and oxygen atoms in total. The Morgan fingerprint density at radius 3 is 1.05 bits per heavy atom. The summed E-state index contributed by atoms with van der Waals surface area (Å²) >= 11 is 0. The second-order valence-electron chi connectivity index (χ2n) is 13.0. The molecule has 7 aromatic rings. The fourth-order valence-electron chi connectivity index (χ4n) is 7.11. The van der Waals surface area contributed by atoms with Crippen molar-refractivity contribution in [2.24, 2.45) is 0 Å². The van der Waals surface area contributed by atoms with Crippen molar-refractivity contribution in [2.75, 3.05) is 0 Å². The van der Waals surface area contributed by atoms with Crippen LogP contribution in [0.3, 0.4) is 0 Å². The minimum absolute atomic E-state index is 0.00239. The first-order valence-corrected chi connectivity index (χ1v) is 16.6. The van der Waals surface area contributed by atoms with Crippen LogP contribution in [0.25, 0.3) is 66.5 Å². The number of fused-ring (bicyclic) bond motifs is 9. The number of hydrogen-bond donors (Lipinski definition) is 3. The quantitative estimate of drug-likeness (QED) is 0.0697. The molecule has 8 bridgehead atoms. The van der Waals surface area contributed by atoms with Gasteiger partial charge in [-0.3, -0.25) is 14.6 Å². The highest BCUT2D eigenvalue weighted by Crippen LogP contribution is 2.43. The Morgan fingerprint density at radius 1 is 0.367 bits per heavy atom. The number of aromatic amines is 3. The lowest BCUT2D eigenvalue weighted by Gasteiger charge is -2.11. The number of carbonyl (C=O) groups is 2. The van der Waals surface area contributed by atoms with Crippen LogP contribution in [-0.4, -0.2) is 32.5 Å². The van der Waals surface area contributed by atoms with E-state index in [4.69, 9.17) is 0 Å². The van der Waals surface area contributed by atoms with E-state index >= 15 is 26.3 Å². The predicted octanol–water partition coefficient (Wildman–Crippen LogP) is 11.0. The number of aromatic nitrogens is 4. The molecular weight excluding hydrogens is 841 g/mol. The first-order valence-electron chi connectivity index (χ1n) is 16.6. The van der Waals surface area contributed by atoms with Crippen LogP contribution in [0, 0.1) is 87.3 Å². The summed E-state index contributed by atoms with van der Waals surface area (Å²) in [5, 5.41) is 0. The van der Waals surface area contributed by atoms with Crippen LogP contribution in [-0.2, 0) is 12.8 Å². The Morgan fingerprint density at radius 2 is 0.667 bits per heavy atom. The summed E-state index contributed by atoms with van der Waals surface area (Å²) in [5.74, 6) is -37.8. The number of hydrogen-bond acceptors (Lipinski definition) is 3. The van der Waals surface area contributed by atoms with Crippen molar-refractivity contribution in [2.45, 2.75) is 12.8 Å². The molecule has 60 heavy (non-hydrogen) atoms. The molecule has 8 rings (SSSR count). The van der Waals surface area contributed by atoms with E-state index in [2.05, 4.69) is 19.9 Å². The Bertz CT molecular complexity index is 3140. The van der Waals surface area contributed by atoms with Gasteiger partial charge in [0.25, 0.3) is 0 Å². The zero-order valence-corrected chi connectivity index (χ0v) is 28.8. The second kappa shape index (κ2) is 14.1. The van der Waals surface area contributed by atoms with Crippen LogP contribution in [0.15, 0.2) is 24.3 Å². The highest BCUT2D eigenvalue weighted by Gasteiger charge is 2.34. The summed E-state index contributed by atoms with van der Waals surface area (Å²) in [5.41, 5.74) is -15.1. The maximum atomic E-state index is 15.7. The molecular formula is C39H13F15N4O2. The molecule has 4 aromatic heterocycles. The number of aldehydes is 2. The van der Waals surface area contributed by atoms with Crippen molar-refractivity contribution in [1.82, 2.24) is 19.9 Å². The van der Waals surface area contributed by atoms with Gasteiger partial charge in [-0.05, 0) is 37.1 Å². The van der Waals surface area contributed by atoms with Crippen molar-refractivity contribution in [1.29, 1.82) is 0 Å². The van der Waals surface area contributed by atoms with Gasteiger partial charge in [0.05, 0.1) is 50.1 Å². The smallest absolute Gasteiger partial charge is 0.200 e. The topological polar surface area (TPSA) is 94.4 Å². The Hall–Kier alpha value is -7.06. The number of aryl methyl sites for hydroxylation is 2. The van der Waals surface area contributed by atoms with Gasteiger partial charge in [-0.25, -0.2) is 65.9 Å². The van der Waals surface area contributed by atoms with Crippen LogP contribution in [0.1, 0.15) is 32.1 Å². The summed E-state index contributed by atoms with van der Waals surface area (Å²) in [6.07, 6.45) is -1.38. The zero-order valence-electron chi connectivity index (χ0n) is 28.8. The lowest BCUT2D eigenvalue weighted by Crippen LogP contribution is -2.06. The third kappa shape index (κ3) is 5.58. The summed E-state index contributed by atoms with van der Waals surface area (Å²) in [6, 6.07) is 3.29. The number of halogens is 15. The van der Waals surface area contributed by atoms with Crippen molar-refractivity contribution in [3.63, 3.8) is 0 Å². The third-order valence-corrected chi connectivity index (χ3v) is 9.79. The number of rotatable bonds is 5. The molecule has 1 aliphatic rings. The fourth-order valence-corrected chi connectivity index (χ4v) is 7.11. The van der Waals surface area contributed by atoms with Crippen LogP contribution >= 0.6 is 0 Å². The molecule has 0 saturated heterocycles. The van der Waals surface area contributed by atoms with Crippen LogP contribution < -0.4 is 0 Å².